The van der Waals surface area contributed by atoms with Crippen molar-refractivity contribution in [2.45, 2.75) is 234 Å². The van der Waals surface area contributed by atoms with E-state index in [1.54, 1.807) is 62.7 Å². The summed E-state index contributed by atoms with van der Waals surface area (Å²) in [6.07, 6.45) is 1.75. The molecule has 3 aromatic heterocycles. The van der Waals surface area contributed by atoms with Crippen LogP contribution in [-0.4, -0.2) is 305 Å². The molecule has 6 aromatic rings. The van der Waals surface area contributed by atoms with Gasteiger partial charge in [-0.3, -0.25) is 86.9 Å². The van der Waals surface area contributed by atoms with E-state index in [1.165, 1.54) is 76.2 Å². The maximum atomic E-state index is 15.8. The number of fused-ring (bicyclic) bond motifs is 3. The van der Waals surface area contributed by atoms with Crippen LogP contribution < -0.4 is 81.0 Å². The highest BCUT2D eigenvalue weighted by atomic mass is 32.2. The van der Waals surface area contributed by atoms with E-state index in [9.17, 15) is 58.5 Å². The van der Waals surface area contributed by atoms with E-state index < -0.39 is 247 Å². The number of aromatic hydroxyl groups is 1. The Labute approximate surface area is 794 Å². The van der Waals surface area contributed by atoms with Crippen LogP contribution in [0.5, 0.6) is 5.75 Å². The van der Waals surface area contributed by atoms with Crippen LogP contribution in [0.25, 0.3) is 21.0 Å². The molecule has 3 aliphatic rings. The predicted octanol–water partition coefficient (Wildman–Crippen LogP) is -2.29. The lowest BCUT2D eigenvalue weighted by Gasteiger charge is -2.36. The summed E-state index contributed by atoms with van der Waals surface area (Å²) >= 11 is 2.10. The number of aromatic amines is 2. The Morgan fingerprint density at radius 2 is 1.18 bits per heavy atom. The lowest BCUT2D eigenvalue weighted by Crippen LogP contribution is -2.62. The second-order valence-electron chi connectivity index (χ2n) is 35.2. The molecule has 17 amide bonds. The van der Waals surface area contributed by atoms with Gasteiger partial charge in [0.1, 0.15) is 89.8 Å². The number of guanidine groups is 1. The zero-order chi connectivity index (χ0) is 99.5. The van der Waals surface area contributed by atoms with E-state index in [1.807, 2.05) is 32.0 Å². The van der Waals surface area contributed by atoms with Gasteiger partial charge in [0.2, 0.25) is 100 Å². The molecule has 3 aromatic carbocycles. The van der Waals surface area contributed by atoms with Crippen LogP contribution >= 0.6 is 23.1 Å². The smallest absolute Gasteiger partial charge is 0.246 e. The van der Waals surface area contributed by atoms with Gasteiger partial charge in [0.15, 0.2) is 5.96 Å². The molecule has 136 heavy (non-hydrogen) atoms. The number of benzene rings is 3. The number of imidazole rings is 1. The monoisotopic (exact) mass is 1930 g/mol. The summed E-state index contributed by atoms with van der Waals surface area (Å²) in [4.78, 5) is 265. The number of carbonyl (C=O) groups excluding carboxylic acids is 17. The molecule has 24 N–H and O–H groups in total. The summed E-state index contributed by atoms with van der Waals surface area (Å²) in [5, 5.41) is 75.6. The van der Waals surface area contributed by atoms with Crippen molar-refractivity contribution < 1.29 is 96.8 Å². The van der Waals surface area contributed by atoms with Gasteiger partial charge < -0.3 is 126 Å². The van der Waals surface area contributed by atoms with E-state index in [0.717, 1.165) is 36.1 Å². The number of nitrogens with one attached hydrogen (secondary N) is 15. The quantitative estimate of drug-likeness (QED) is 0.0154. The normalized spacial score (nSPS) is 25.6. The van der Waals surface area contributed by atoms with Crippen molar-refractivity contribution in [3.8, 4) is 5.75 Å². The van der Waals surface area contributed by atoms with Gasteiger partial charge in [-0.1, -0.05) is 109 Å². The number of nitrogens with zero attached hydrogens (tertiary/aromatic N) is 5. The van der Waals surface area contributed by atoms with Crippen molar-refractivity contribution >= 4 is 150 Å². The van der Waals surface area contributed by atoms with Crippen molar-refractivity contribution in [1.82, 2.24) is 98.4 Å². The first-order valence-corrected chi connectivity index (χ1v) is 47.4. The molecular weight excluding hydrogens is 1800 g/mol. The van der Waals surface area contributed by atoms with Gasteiger partial charge in [-0.2, -0.15) is 0 Å². The maximum absolute atomic E-state index is 15.8. The maximum Gasteiger partial charge on any atom is 0.246 e. The molecule has 1 saturated carbocycles. The highest BCUT2D eigenvalue weighted by molar-refractivity contribution is 8.00. The van der Waals surface area contributed by atoms with Gasteiger partial charge in [-0.15, -0.1) is 23.1 Å². The Balaban J connectivity index is 1.10. The summed E-state index contributed by atoms with van der Waals surface area (Å²) in [5.41, 5.74) is 17.4. The molecule has 2 unspecified atom stereocenters. The van der Waals surface area contributed by atoms with Crippen molar-refractivity contribution in [2.24, 2.45) is 29.0 Å². The zero-order valence-corrected chi connectivity index (χ0v) is 79.2. The summed E-state index contributed by atoms with van der Waals surface area (Å²) < 4.78 is 0.816. The van der Waals surface area contributed by atoms with E-state index in [-0.39, 0.29) is 88.1 Å². The minimum atomic E-state index is -1.89. The van der Waals surface area contributed by atoms with Gasteiger partial charge >= 0.3 is 0 Å². The molecule has 2 saturated heterocycles. The number of amides is 17. The van der Waals surface area contributed by atoms with Crippen LogP contribution in [0.4, 0.5) is 0 Å². The van der Waals surface area contributed by atoms with Crippen molar-refractivity contribution in [3.05, 3.63) is 119 Å². The fourth-order valence-corrected chi connectivity index (χ4v) is 18.3. The Kier molecular flexibility index (Phi) is 38.9. The molecule has 738 valence electrons. The summed E-state index contributed by atoms with van der Waals surface area (Å²) in [6.45, 7) is 7.70. The number of aliphatic hydroxyl groups is 2. The van der Waals surface area contributed by atoms with Crippen molar-refractivity contribution in [3.63, 3.8) is 0 Å². The number of carbonyl (C=O) groups is 17. The molecule has 5 heterocycles. The minimum Gasteiger partial charge on any atom is -0.508 e. The zero-order valence-electron chi connectivity index (χ0n) is 77.6. The summed E-state index contributed by atoms with van der Waals surface area (Å²) in [7, 11) is 3.90. The van der Waals surface area contributed by atoms with Crippen LogP contribution in [-0.2, 0) is 107 Å². The number of primary amides is 2. The first-order valence-electron chi connectivity index (χ1n) is 45.4. The number of phenols is 1. The molecule has 0 bridgehead atoms. The number of nitrogens with two attached hydrogens (primary N) is 3. The van der Waals surface area contributed by atoms with E-state index in [2.05, 4.69) is 78.8 Å². The lowest BCUT2D eigenvalue weighted by molar-refractivity contribution is -0.149. The topological polar surface area (TPSA) is 655 Å². The largest absolute Gasteiger partial charge is 0.508 e. The SMILES string of the molecule is CCCC[C@H]1C(=O)N(C)[C@@H](CCCC)C(=O)N[C@@H](CCCNC(=N)N)C(=O)NC(C(=O)NCC(N)=O)CSCC(=O)N[C@@H](Cc2ccc(O)cc2)C(=O)N(C)[C@@H](C)C(=O)N[C@@H](CC(N)=O)C(=O)N2C[C@H](O)C[C@H]2C(=O)N[C@@H](Cc2cnc[nH]2)C(=O)N[C@@H](CC(C)C)C(=O)NC2(C[C@@H]2C)C(=O)N[C@@H](Cc2c[nH]c3ccccc23)C(=O)N[C@@H](CO)C(=O)N[C@@H](Cc2csc3ccccc23)C(=O)N1C. The fourth-order valence-electron chi connectivity index (χ4n) is 16.5. The molecule has 16 atom stereocenters. The number of para-hydroxylation sites is 1. The van der Waals surface area contributed by atoms with Crippen LogP contribution in [0.15, 0.2) is 96.9 Å². The Morgan fingerprint density at radius 3 is 1.82 bits per heavy atom. The molecule has 45 heteroatoms. The lowest BCUT2D eigenvalue weighted by atomic mass is 10.00. The summed E-state index contributed by atoms with van der Waals surface area (Å²) in [6, 6.07) is -0.805. The summed E-state index contributed by atoms with van der Waals surface area (Å²) in [5.74, 6) is -19.0. The number of unbranched alkanes of at least 4 members (excludes halogenated alkanes) is 2. The second kappa shape index (κ2) is 49.8. The van der Waals surface area contributed by atoms with Crippen molar-refractivity contribution in [1.29, 1.82) is 5.41 Å². The van der Waals surface area contributed by atoms with Gasteiger partial charge in [-0.05, 0) is 109 Å². The number of phenolic OH excluding ortho intramolecular Hbond substituents is 1. The molecular formula is C91H127N23O20S2. The number of aliphatic hydroxyl groups excluding tert-OH is 2. The fraction of sp³-hybridized carbons (Fsp3) is 0.527. The highest BCUT2D eigenvalue weighted by Gasteiger charge is 2.60. The third-order valence-corrected chi connectivity index (χ3v) is 26.5. The van der Waals surface area contributed by atoms with E-state index in [0.29, 0.717) is 58.7 Å². The number of rotatable bonds is 26. The van der Waals surface area contributed by atoms with Gasteiger partial charge in [0.25, 0.3) is 0 Å². The van der Waals surface area contributed by atoms with Gasteiger partial charge in [0.05, 0.1) is 37.8 Å². The highest BCUT2D eigenvalue weighted by Crippen LogP contribution is 2.44. The minimum absolute atomic E-state index is 0.000601. The van der Waals surface area contributed by atoms with E-state index in [4.69, 9.17) is 22.6 Å². The molecule has 1 spiro atoms. The van der Waals surface area contributed by atoms with Gasteiger partial charge in [-0.25, -0.2) is 4.98 Å². The molecule has 43 nitrogen and oxygen atoms in total. The average Bonchev–Trinajstić information content (AvgIpc) is 1.58. The number of thiophene rings is 1. The van der Waals surface area contributed by atoms with Crippen LogP contribution in [0, 0.1) is 17.2 Å². The molecule has 9 rings (SSSR count). The Hall–Kier alpha value is -13.3. The van der Waals surface area contributed by atoms with Crippen molar-refractivity contribution in [2.75, 3.05) is 58.9 Å². The molecule has 1 aliphatic carbocycles. The number of hydrogen-bond acceptors (Lipinski definition) is 24. The van der Waals surface area contributed by atoms with Crippen LogP contribution in [0.3, 0.4) is 0 Å². The number of thioether (sulfide) groups is 1. The Morgan fingerprint density at radius 1 is 0.596 bits per heavy atom. The first-order chi connectivity index (χ1) is 64.6. The van der Waals surface area contributed by atoms with Gasteiger partial charge in [0, 0.05) is 106 Å². The predicted molar refractivity (Wildman–Crippen MR) is 503 cm³/mol. The average molecular weight is 1930 g/mol. The molecule has 0 radical (unpaired) electrons. The Bertz CT molecular complexity index is 5290. The molecule has 2 aliphatic heterocycles. The standard InChI is InChI=1S/C91H127N23O20S2/c1-10-12-23-69-83(128)102-60(22-18-30-97-90(94)95)78(123)108-68(77(122)99-41-74(93)119)45-135-46-75(120)101-64(32-51-26-28-55(116)29-27-51)85(130)111(7)50(6)76(121)105-66(37-73(92)118)87(132)114-42-56(117)36-71(114)84(129)104-63(35-54-40-96-47-100-54)80(125)103-61(31-48(3)4)82(127)110-91(38-49(91)5)89(134)109-62(33-52-39-98-59-21-16-14-19-57(52)59)79(124)107-67(43-115)81(126)106-65(34-53-44-136-72-25-17-15-20-58(53)72)86(131)113(9)70(24-13-11-2)88(133)112(69)8/h14-17,19-21,25-29,39-40,44,47-50,56,60-71,98,115-117H,10-13,18,22-24,30-38,41-43,45-46H2,1-9H3,(H2,92,118)(H2,93,119)(H,96,100)(H,99,122)(H,101,120)(H,102,128)(H,103,125)(H,104,129)(H,105,121)(H,106,126)(H,107,124)(H,108,123)(H,109,134)(H,110,127)(H4,94,95,97)/t49-,50-,56+,60-,61-,62-,63-,64-,65-,66-,67-,68?,69-,70-,71-,91?/m0/s1. The number of hydrogen-bond donors (Lipinski definition) is 21. The second-order valence-corrected chi connectivity index (χ2v) is 37.2. The number of likely N-dealkylation sites (N-methyl/N-ethyl adjacent to an activating group) is 3. The van der Waals surface area contributed by atoms with E-state index >= 15 is 38.4 Å². The molecule has 3 fully saturated rings. The van der Waals surface area contributed by atoms with Crippen LogP contribution in [0.2, 0.25) is 0 Å². The third kappa shape index (κ3) is 29.1. The van der Waals surface area contributed by atoms with Crippen LogP contribution in [0.1, 0.15) is 141 Å². The first kappa shape index (κ1) is 106. The third-order valence-electron chi connectivity index (χ3n) is 24.4. The number of H-pyrrole nitrogens is 2. The number of aromatic nitrogens is 3.